The van der Waals surface area contributed by atoms with Crippen LogP contribution in [0.1, 0.15) is 5.56 Å². The van der Waals surface area contributed by atoms with Crippen LogP contribution < -0.4 is 15.4 Å². The number of fused-ring (bicyclic) bond motifs is 1. The number of rotatable bonds is 7. The summed E-state index contributed by atoms with van der Waals surface area (Å²) < 4.78 is 8.85. The van der Waals surface area contributed by atoms with E-state index in [1.54, 1.807) is 15.5 Å². The summed E-state index contributed by atoms with van der Waals surface area (Å²) in [7, 11) is 0. The van der Waals surface area contributed by atoms with Crippen molar-refractivity contribution in [2.24, 2.45) is 0 Å². The van der Waals surface area contributed by atoms with E-state index in [1.165, 1.54) is 0 Å². The maximum atomic E-state index is 12.4. The minimum atomic E-state index is -0.436. The number of hydrogen-bond donors (Lipinski definition) is 2. The number of ether oxygens (including phenoxy) is 1. The molecule has 29 heavy (non-hydrogen) atoms. The number of nitrogen functional groups attached to an aromatic ring is 1. The fraction of sp³-hybridized carbons (Fsp3) is 0.190. The first-order chi connectivity index (χ1) is 14.2. The van der Waals surface area contributed by atoms with E-state index in [1.807, 2.05) is 30.3 Å². The monoisotopic (exact) mass is 391 g/mol. The van der Waals surface area contributed by atoms with Crippen LogP contribution in [-0.2, 0) is 18.0 Å². The second-order valence-electron chi connectivity index (χ2n) is 6.60. The highest BCUT2D eigenvalue weighted by molar-refractivity contribution is 5.73. The Hall–Kier alpha value is -3.49. The van der Waals surface area contributed by atoms with Gasteiger partial charge in [-0.2, -0.15) is 9.55 Å². The van der Waals surface area contributed by atoms with E-state index in [-0.39, 0.29) is 25.9 Å². The second kappa shape index (κ2) is 8.26. The zero-order chi connectivity index (χ0) is 20.2. The second-order valence-corrected chi connectivity index (χ2v) is 6.60. The minimum Gasteiger partial charge on any atom is -0.855 e. The van der Waals surface area contributed by atoms with Crippen molar-refractivity contribution in [3.8, 4) is 17.0 Å². The van der Waals surface area contributed by atoms with Crippen molar-refractivity contribution < 1.29 is 19.5 Å². The summed E-state index contributed by atoms with van der Waals surface area (Å²) in [5, 5.41) is 21.4. The lowest BCUT2D eigenvalue weighted by molar-refractivity contribution is -0.665. The van der Waals surface area contributed by atoms with E-state index in [2.05, 4.69) is 34.2 Å². The topological polar surface area (TPSA) is 113 Å². The zero-order valence-electron chi connectivity index (χ0n) is 15.7. The predicted molar refractivity (Wildman–Crippen MR) is 106 cm³/mol. The lowest BCUT2D eigenvalue weighted by Gasteiger charge is -2.07. The molecule has 0 aliphatic heterocycles. The molecule has 8 nitrogen and oxygen atoms in total. The van der Waals surface area contributed by atoms with Gasteiger partial charge in [0.15, 0.2) is 6.73 Å². The van der Waals surface area contributed by atoms with Crippen LogP contribution in [0, 0.1) is 0 Å². The van der Waals surface area contributed by atoms with Gasteiger partial charge in [0, 0.05) is 5.88 Å². The Labute approximate surface area is 167 Å². The van der Waals surface area contributed by atoms with Gasteiger partial charge in [0.2, 0.25) is 17.8 Å². The molecule has 2 heterocycles. The van der Waals surface area contributed by atoms with Crippen molar-refractivity contribution in [1.82, 2.24) is 14.5 Å². The molecule has 0 aliphatic carbocycles. The first kappa shape index (κ1) is 18.9. The van der Waals surface area contributed by atoms with Crippen LogP contribution >= 0.6 is 0 Å². The zero-order valence-corrected chi connectivity index (χ0v) is 15.7. The number of imidazole rings is 1. The SMILES string of the molecule is Nc1nc([O-])c2c(n1)n(COCCO)c[n+]2Cc1ccc(-c2ccccc2)cc1. The van der Waals surface area contributed by atoms with Crippen LogP contribution in [0.4, 0.5) is 5.95 Å². The fourth-order valence-electron chi connectivity index (χ4n) is 3.24. The third-order valence-corrected chi connectivity index (χ3v) is 4.57. The molecule has 148 valence electrons. The third kappa shape index (κ3) is 4.03. The first-order valence-electron chi connectivity index (χ1n) is 9.21. The molecule has 0 unspecified atom stereocenters. The Morgan fingerprint density at radius 1 is 1.03 bits per heavy atom. The van der Waals surface area contributed by atoms with Gasteiger partial charge in [0.05, 0.1) is 13.2 Å². The number of nitrogens with two attached hydrogens (primary N) is 1. The van der Waals surface area contributed by atoms with Gasteiger partial charge in [-0.15, -0.1) is 0 Å². The lowest BCUT2D eigenvalue weighted by atomic mass is 10.0. The van der Waals surface area contributed by atoms with Gasteiger partial charge >= 0.3 is 0 Å². The summed E-state index contributed by atoms with van der Waals surface area (Å²) in [5.74, 6) is -0.516. The normalized spacial score (nSPS) is 11.2. The highest BCUT2D eigenvalue weighted by Crippen LogP contribution is 2.21. The van der Waals surface area contributed by atoms with Gasteiger partial charge in [-0.25, -0.2) is 9.55 Å². The van der Waals surface area contributed by atoms with Gasteiger partial charge < -0.3 is 20.7 Å². The predicted octanol–water partition coefficient (Wildman–Crippen LogP) is 1.06. The summed E-state index contributed by atoms with van der Waals surface area (Å²) in [6.07, 6.45) is 1.75. The Morgan fingerprint density at radius 3 is 2.48 bits per heavy atom. The van der Waals surface area contributed by atoms with Crippen LogP contribution in [0.5, 0.6) is 5.88 Å². The molecule has 0 radical (unpaired) electrons. The number of benzene rings is 2. The molecular formula is C21H21N5O3. The lowest BCUT2D eigenvalue weighted by Crippen LogP contribution is -2.33. The number of aromatic nitrogens is 4. The van der Waals surface area contributed by atoms with Crippen molar-refractivity contribution in [3.05, 3.63) is 66.5 Å². The molecular weight excluding hydrogens is 370 g/mol. The summed E-state index contributed by atoms with van der Waals surface area (Å²) in [6.45, 7) is 0.719. The summed E-state index contributed by atoms with van der Waals surface area (Å²) in [5.41, 5.74) is 9.72. The van der Waals surface area contributed by atoms with E-state index in [4.69, 9.17) is 15.6 Å². The van der Waals surface area contributed by atoms with Crippen molar-refractivity contribution in [1.29, 1.82) is 0 Å². The van der Waals surface area contributed by atoms with Crippen molar-refractivity contribution >= 4 is 17.1 Å². The average molecular weight is 391 g/mol. The molecule has 8 heteroatoms. The Kier molecular flexibility index (Phi) is 5.37. The van der Waals surface area contributed by atoms with Crippen molar-refractivity contribution in [2.75, 3.05) is 18.9 Å². The highest BCUT2D eigenvalue weighted by atomic mass is 16.5. The van der Waals surface area contributed by atoms with Gasteiger partial charge in [-0.1, -0.05) is 54.6 Å². The van der Waals surface area contributed by atoms with Crippen LogP contribution in [-0.4, -0.2) is 32.9 Å². The van der Waals surface area contributed by atoms with Crippen LogP contribution in [0.2, 0.25) is 0 Å². The number of hydrogen-bond acceptors (Lipinski definition) is 6. The molecule has 0 atom stereocenters. The van der Waals surface area contributed by atoms with Gasteiger partial charge in [0.1, 0.15) is 6.54 Å². The van der Waals surface area contributed by atoms with Crippen LogP contribution in [0.25, 0.3) is 22.3 Å². The fourth-order valence-corrected chi connectivity index (χ4v) is 3.24. The molecule has 0 aliphatic rings. The Bertz CT molecular complexity index is 1110. The molecule has 2 aromatic heterocycles. The molecule has 0 saturated heterocycles. The molecule has 0 bridgehead atoms. The average Bonchev–Trinajstić information content (AvgIpc) is 3.07. The minimum absolute atomic E-state index is 0.0802. The van der Waals surface area contributed by atoms with Crippen molar-refractivity contribution in [3.63, 3.8) is 0 Å². The summed E-state index contributed by atoms with van der Waals surface area (Å²) in [4.78, 5) is 7.96. The quantitative estimate of drug-likeness (QED) is 0.360. The first-order valence-corrected chi connectivity index (χ1v) is 9.21. The van der Waals surface area contributed by atoms with Crippen LogP contribution in [0.15, 0.2) is 60.9 Å². The molecule has 0 fully saturated rings. The van der Waals surface area contributed by atoms with E-state index >= 15 is 0 Å². The number of aliphatic hydroxyl groups is 1. The standard InChI is InChI=1S/C21H21N5O3/c22-21-23-19-18(20(28)24-21)25(13-26(19)14-29-11-10-27)12-15-6-8-17(9-7-15)16-4-2-1-3-5-16/h1-9,13,27H,10-12,14H2,(H2-,22,23,24,28). The summed E-state index contributed by atoms with van der Waals surface area (Å²) >= 11 is 0. The van der Waals surface area contributed by atoms with E-state index in [0.717, 1.165) is 16.7 Å². The van der Waals surface area contributed by atoms with Crippen LogP contribution in [0.3, 0.4) is 0 Å². The van der Waals surface area contributed by atoms with E-state index < -0.39 is 5.88 Å². The molecule has 0 spiro atoms. The molecule has 3 N–H and O–H groups in total. The van der Waals surface area contributed by atoms with Gasteiger partial charge in [0.25, 0.3) is 5.65 Å². The molecule has 4 rings (SSSR count). The highest BCUT2D eigenvalue weighted by Gasteiger charge is 2.20. The number of nitrogens with zero attached hydrogens (tertiary/aromatic N) is 4. The smallest absolute Gasteiger partial charge is 0.274 e. The summed E-state index contributed by atoms with van der Waals surface area (Å²) in [6, 6.07) is 18.3. The molecule has 4 aromatic rings. The maximum absolute atomic E-state index is 12.4. The number of aliphatic hydroxyl groups excluding tert-OH is 1. The third-order valence-electron chi connectivity index (χ3n) is 4.57. The number of anilines is 1. The van der Waals surface area contributed by atoms with E-state index in [0.29, 0.717) is 17.7 Å². The maximum Gasteiger partial charge on any atom is 0.274 e. The van der Waals surface area contributed by atoms with Gasteiger partial charge in [-0.3, -0.25) is 0 Å². The Morgan fingerprint density at radius 2 is 1.76 bits per heavy atom. The molecule has 0 amide bonds. The van der Waals surface area contributed by atoms with E-state index in [9.17, 15) is 5.11 Å². The largest absolute Gasteiger partial charge is 0.855 e. The Balaban J connectivity index is 1.65. The van der Waals surface area contributed by atoms with Crippen molar-refractivity contribution in [2.45, 2.75) is 13.3 Å². The molecule has 2 aromatic carbocycles. The van der Waals surface area contributed by atoms with Gasteiger partial charge in [-0.05, 0) is 16.7 Å². The molecule has 0 saturated carbocycles.